The largest absolute Gasteiger partial charge is 0.335 e. The number of aromatic nitrogens is 3. The molecule has 0 bridgehead atoms. The number of pyridine rings is 1. The van der Waals surface area contributed by atoms with Gasteiger partial charge in [-0.2, -0.15) is 4.98 Å². The highest BCUT2D eigenvalue weighted by molar-refractivity contribution is 5.65. The van der Waals surface area contributed by atoms with Crippen LogP contribution in [0.1, 0.15) is 49.0 Å². The van der Waals surface area contributed by atoms with Gasteiger partial charge in [0.15, 0.2) is 5.82 Å². The second kappa shape index (κ2) is 6.43. The summed E-state index contributed by atoms with van der Waals surface area (Å²) in [5, 5.41) is 7.54. The van der Waals surface area contributed by atoms with Crippen molar-refractivity contribution in [2.75, 3.05) is 6.54 Å². The van der Waals surface area contributed by atoms with Gasteiger partial charge in [-0.15, -0.1) is 0 Å². The Labute approximate surface area is 118 Å². The predicted molar refractivity (Wildman–Crippen MR) is 76.7 cm³/mol. The minimum Gasteiger partial charge on any atom is -0.335 e. The van der Waals surface area contributed by atoms with Crippen LogP contribution in [0.25, 0.3) is 12.2 Å². The molecule has 0 amide bonds. The van der Waals surface area contributed by atoms with E-state index in [0.29, 0.717) is 5.89 Å². The molecule has 1 unspecified atom stereocenters. The van der Waals surface area contributed by atoms with Gasteiger partial charge in [0.2, 0.25) is 0 Å². The zero-order valence-corrected chi connectivity index (χ0v) is 11.3. The van der Waals surface area contributed by atoms with Crippen molar-refractivity contribution in [3.63, 3.8) is 0 Å². The van der Waals surface area contributed by atoms with E-state index in [1.807, 2.05) is 24.3 Å². The van der Waals surface area contributed by atoms with E-state index < -0.39 is 0 Å². The van der Waals surface area contributed by atoms with E-state index in [1.54, 1.807) is 12.4 Å². The molecule has 2 aromatic heterocycles. The highest BCUT2D eigenvalue weighted by atomic mass is 16.5. The second-order valence-corrected chi connectivity index (χ2v) is 4.97. The topological polar surface area (TPSA) is 63.8 Å². The Bertz CT molecular complexity index is 556. The molecule has 20 heavy (non-hydrogen) atoms. The van der Waals surface area contributed by atoms with Gasteiger partial charge in [-0.1, -0.05) is 24.1 Å². The molecule has 1 fully saturated rings. The average Bonchev–Trinajstić information content (AvgIpc) is 2.80. The van der Waals surface area contributed by atoms with Gasteiger partial charge < -0.3 is 9.84 Å². The van der Waals surface area contributed by atoms with E-state index in [2.05, 4.69) is 20.4 Å². The minimum absolute atomic E-state index is 0.224. The summed E-state index contributed by atoms with van der Waals surface area (Å²) in [5.74, 6) is 1.30. The number of nitrogens with one attached hydrogen (secondary N) is 1. The average molecular weight is 270 g/mol. The Balaban J connectivity index is 1.68. The summed E-state index contributed by atoms with van der Waals surface area (Å²) < 4.78 is 5.27. The van der Waals surface area contributed by atoms with Crippen LogP contribution in [0, 0.1) is 0 Å². The Morgan fingerprint density at radius 2 is 2.25 bits per heavy atom. The predicted octanol–water partition coefficient (Wildman–Crippen LogP) is 2.84. The highest BCUT2D eigenvalue weighted by Crippen LogP contribution is 2.20. The van der Waals surface area contributed by atoms with Crippen LogP contribution in [-0.2, 0) is 0 Å². The molecule has 1 N–H and O–H groups in total. The van der Waals surface area contributed by atoms with Crippen LogP contribution < -0.4 is 5.32 Å². The maximum atomic E-state index is 5.27. The lowest BCUT2D eigenvalue weighted by molar-refractivity contribution is 0.388. The van der Waals surface area contributed by atoms with Crippen LogP contribution >= 0.6 is 0 Å². The van der Waals surface area contributed by atoms with Crippen molar-refractivity contribution in [3.8, 4) is 0 Å². The monoisotopic (exact) mass is 270 g/mol. The van der Waals surface area contributed by atoms with Crippen LogP contribution in [0.3, 0.4) is 0 Å². The van der Waals surface area contributed by atoms with Gasteiger partial charge in [0, 0.05) is 18.5 Å². The molecule has 5 nitrogen and oxygen atoms in total. The Hall–Kier alpha value is -2.01. The molecule has 3 rings (SSSR count). The molecule has 104 valence electrons. The molecule has 1 aliphatic heterocycles. The quantitative estimate of drug-likeness (QED) is 0.929. The van der Waals surface area contributed by atoms with Crippen molar-refractivity contribution < 1.29 is 4.52 Å². The van der Waals surface area contributed by atoms with Crippen molar-refractivity contribution in [2.45, 2.75) is 31.7 Å². The van der Waals surface area contributed by atoms with Crippen LogP contribution in [0.15, 0.2) is 29.0 Å². The summed E-state index contributed by atoms with van der Waals surface area (Å²) in [7, 11) is 0. The first-order valence-electron chi connectivity index (χ1n) is 7.07. The minimum atomic E-state index is 0.224. The van der Waals surface area contributed by atoms with Crippen LogP contribution in [-0.4, -0.2) is 21.7 Å². The zero-order chi connectivity index (χ0) is 13.6. The lowest BCUT2D eigenvalue weighted by atomic mass is 10.1. The summed E-state index contributed by atoms with van der Waals surface area (Å²) >= 11 is 0. The van der Waals surface area contributed by atoms with E-state index in [0.717, 1.165) is 24.4 Å². The van der Waals surface area contributed by atoms with Gasteiger partial charge in [0.1, 0.15) is 0 Å². The maximum absolute atomic E-state index is 5.27. The van der Waals surface area contributed by atoms with Gasteiger partial charge in [0.05, 0.1) is 6.04 Å². The summed E-state index contributed by atoms with van der Waals surface area (Å²) in [6, 6.07) is 4.10. The number of hydrogen-bond donors (Lipinski definition) is 1. The molecular weight excluding hydrogens is 252 g/mol. The Morgan fingerprint density at radius 1 is 1.25 bits per heavy atom. The van der Waals surface area contributed by atoms with Gasteiger partial charge >= 0.3 is 0 Å². The molecule has 0 radical (unpaired) electrons. The molecule has 3 heterocycles. The fourth-order valence-corrected chi connectivity index (χ4v) is 2.35. The molecule has 0 aromatic carbocycles. The van der Waals surface area contributed by atoms with E-state index >= 15 is 0 Å². The van der Waals surface area contributed by atoms with Crippen LogP contribution in [0.5, 0.6) is 0 Å². The molecule has 0 saturated carbocycles. The van der Waals surface area contributed by atoms with Crippen molar-refractivity contribution in [1.82, 2.24) is 20.4 Å². The molecule has 1 aliphatic rings. The third kappa shape index (κ3) is 3.30. The van der Waals surface area contributed by atoms with Crippen molar-refractivity contribution >= 4 is 12.2 Å². The van der Waals surface area contributed by atoms with Gasteiger partial charge in [-0.3, -0.25) is 4.98 Å². The van der Waals surface area contributed by atoms with Crippen molar-refractivity contribution in [3.05, 3.63) is 41.8 Å². The summed E-state index contributed by atoms with van der Waals surface area (Å²) in [6.45, 7) is 1.03. The van der Waals surface area contributed by atoms with E-state index in [-0.39, 0.29) is 6.04 Å². The number of rotatable bonds is 3. The van der Waals surface area contributed by atoms with Gasteiger partial charge in [-0.25, -0.2) is 0 Å². The van der Waals surface area contributed by atoms with Crippen molar-refractivity contribution in [1.29, 1.82) is 0 Å². The van der Waals surface area contributed by atoms with E-state index in [9.17, 15) is 0 Å². The fourth-order valence-electron chi connectivity index (χ4n) is 2.35. The first-order valence-corrected chi connectivity index (χ1v) is 7.07. The molecule has 1 atom stereocenters. The maximum Gasteiger partial charge on any atom is 0.250 e. The standard InChI is InChI=1S/C15H18N4O/c1-2-6-13(17-10-3-1)15-18-14(20-19-15)8-7-12-5-4-9-16-11-12/h4-5,7-9,11,13,17H,1-3,6,10H2. The number of hydrogen-bond acceptors (Lipinski definition) is 5. The van der Waals surface area contributed by atoms with E-state index in [1.165, 1.54) is 19.3 Å². The van der Waals surface area contributed by atoms with Crippen molar-refractivity contribution in [2.24, 2.45) is 0 Å². The molecule has 0 spiro atoms. The Morgan fingerprint density at radius 3 is 3.15 bits per heavy atom. The summed E-state index contributed by atoms with van der Waals surface area (Å²) in [5.41, 5.74) is 1.01. The fraction of sp³-hybridized carbons (Fsp3) is 0.400. The normalized spacial score (nSPS) is 20.1. The number of nitrogens with zero attached hydrogens (tertiary/aromatic N) is 3. The third-order valence-electron chi connectivity index (χ3n) is 3.43. The summed E-state index contributed by atoms with van der Waals surface area (Å²) in [4.78, 5) is 8.50. The molecule has 1 saturated heterocycles. The molecule has 2 aromatic rings. The van der Waals surface area contributed by atoms with E-state index in [4.69, 9.17) is 4.52 Å². The van der Waals surface area contributed by atoms with Gasteiger partial charge in [0.25, 0.3) is 5.89 Å². The lowest BCUT2D eigenvalue weighted by Crippen LogP contribution is -2.21. The third-order valence-corrected chi connectivity index (χ3v) is 3.43. The summed E-state index contributed by atoms with van der Waals surface area (Å²) in [6.07, 6.45) is 12.1. The smallest absolute Gasteiger partial charge is 0.250 e. The lowest BCUT2D eigenvalue weighted by Gasteiger charge is -2.09. The molecular formula is C15H18N4O. The first kappa shape index (κ1) is 13.0. The molecule has 0 aliphatic carbocycles. The Kier molecular flexibility index (Phi) is 4.18. The van der Waals surface area contributed by atoms with Crippen LogP contribution in [0.2, 0.25) is 0 Å². The molecule has 5 heteroatoms. The first-order chi connectivity index (χ1) is 9.92. The van der Waals surface area contributed by atoms with Gasteiger partial charge in [-0.05, 0) is 37.1 Å². The zero-order valence-electron chi connectivity index (χ0n) is 11.3. The highest BCUT2D eigenvalue weighted by Gasteiger charge is 2.18. The second-order valence-electron chi connectivity index (χ2n) is 4.97. The van der Waals surface area contributed by atoms with Crippen LogP contribution in [0.4, 0.5) is 0 Å². The SMILES string of the molecule is C(=Cc1nc(C2CCCCCN2)no1)c1cccnc1.